The Morgan fingerprint density at radius 3 is 2.33 bits per heavy atom. The first kappa shape index (κ1) is 18.3. The van der Waals surface area contributed by atoms with Crippen molar-refractivity contribution in [3.63, 3.8) is 0 Å². The molecule has 0 saturated heterocycles. The van der Waals surface area contributed by atoms with Crippen LogP contribution in [0.3, 0.4) is 0 Å². The highest BCUT2D eigenvalue weighted by atomic mass is 35.5. The summed E-state index contributed by atoms with van der Waals surface area (Å²) in [5, 5.41) is 0.575. The summed E-state index contributed by atoms with van der Waals surface area (Å²) in [6.45, 7) is 0. The van der Waals surface area contributed by atoms with Crippen LogP contribution in [0, 0.1) is 11.8 Å². The Morgan fingerprint density at radius 2 is 1.89 bits per heavy atom. The lowest BCUT2D eigenvalue weighted by molar-refractivity contribution is 0.417. The van der Waals surface area contributed by atoms with E-state index in [4.69, 9.17) is 17.3 Å². The normalized spacial score (nSPS) is 32.1. The van der Waals surface area contributed by atoms with Crippen LogP contribution in [-0.2, 0) is 0 Å². The molecule has 2 N–H and O–H groups in total. The van der Waals surface area contributed by atoms with E-state index in [0.29, 0.717) is 23.0 Å². The van der Waals surface area contributed by atoms with Gasteiger partial charge < -0.3 is 5.73 Å². The molecular weight excluding hydrogens is 314 g/mol. The molecule has 0 radical (unpaired) electrons. The van der Waals surface area contributed by atoms with E-state index in [9.17, 15) is 0 Å². The standard InChI is InChI=1S/C12H15ClN2.3ClH/c13-11-4-2-8(6-15-11)10-5-7-1-3-9(10)12(7)14;;;/h2,4,6-7,9-10,12H,1,3,5,14H2;3*1H/t7?,9?,10-,12+;;;/m1.../s1. The monoisotopic (exact) mass is 330 g/mol. The summed E-state index contributed by atoms with van der Waals surface area (Å²) < 4.78 is 0. The van der Waals surface area contributed by atoms with Crippen molar-refractivity contribution in [2.24, 2.45) is 17.6 Å². The summed E-state index contributed by atoms with van der Waals surface area (Å²) in [5.41, 5.74) is 7.52. The molecule has 2 aliphatic carbocycles. The number of rotatable bonds is 1. The molecule has 3 rings (SSSR count). The van der Waals surface area contributed by atoms with Gasteiger partial charge in [-0.25, -0.2) is 4.98 Å². The smallest absolute Gasteiger partial charge is 0.129 e. The molecule has 6 heteroatoms. The molecule has 0 aliphatic heterocycles. The third-order valence-corrected chi connectivity index (χ3v) is 4.39. The Balaban J connectivity index is 0.000000963. The highest BCUT2D eigenvalue weighted by Gasteiger charge is 2.46. The number of nitrogens with two attached hydrogens (primary N) is 1. The van der Waals surface area contributed by atoms with Crippen molar-refractivity contribution in [3.05, 3.63) is 29.0 Å². The van der Waals surface area contributed by atoms with Gasteiger partial charge in [-0.2, -0.15) is 0 Å². The van der Waals surface area contributed by atoms with Crippen molar-refractivity contribution < 1.29 is 0 Å². The highest BCUT2D eigenvalue weighted by Crippen LogP contribution is 2.51. The Hall–Kier alpha value is 0.270. The Bertz CT molecular complexity index is 371. The average molecular weight is 332 g/mol. The topological polar surface area (TPSA) is 38.9 Å². The largest absolute Gasteiger partial charge is 0.327 e. The third kappa shape index (κ3) is 3.05. The van der Waals surface area contributed by atoms with Crippen molar-refractivity contribution in [2.45, 2.75) is 31.2 Å². The maximum atomic E-state index is 6.20. The molecule has 2 aliphatic rings. The van der Waals surface area contributed by atoms with Gasteiger partial charge in [0.05, 0.1) is 0 Å². The average Bonchev–Trinajstić information content (AvgIpc) is 2.75. The van der Waals surface area contributed by atoms with Crippen molar-refractivity contribution in [3.8, 4) is 0 Å². The predicted octanol–water partition coefficient (Wildman–Crippen LogP) is 3.84. The van der Waals surface area contributed by atoms with Crippen LogP contribution in [0.5, 0.6) is 0 Å². The van der Waals surface area contributed by atoms with Crippen LogP contribution < -0.4 is 5.73 Å². The maximum absolute atomic E-state index is 6.20. The van der Waals surface area contributed by atoms with Crippen molar-refractivity contribution >= 4 is 48.8 Å². The zero-order chi connectivity index (χ0) is 10.4. The molecular formula is C12H18Cl4N2. The van der Waals surface area contributed by atoms with E-state index in [1.165, 1.54) is 24.8 Å². The number of hydrogen-bond acceptors (Lipinski definition) is 2. The van der Waals surface area contributed by atoms with E-state index >= 15 is 0 Å². The second-order valence-electron chi connectivity index (χ2n) is 4.84. The van der Waals surface area contributed by atoms with Gasteiger partial charge in [0, 0.05) is 12.2 Å². The Labute approximate surface area is 131 Å². The lowest BCUT2D eigenvalue weighted by Crippen LogP contribution is -2.25. The quantitative estimate of drug-likeness (QED) is 0.794. The number of fused-ring (bicyclic) bond motifs is 2. The zero-order valence-electron chi connectivity index (χ0n) is 9.79. The zero-order valence-corrected chi connectivity index (χ0v) is 13.0. The fraction of sp³-hybridized carbons (Fsp3) is 0.583. The lowest BCUT2D eigenvalue weighted by atomic mass is 9.84. The first-order chi connectivity index (χ1) is 7.25. The third-order valence-electron chi connectivity index (χ3n) is 4.16. The van der Waals surface area contributed by atoms with Gasteiger partial charge in [-0.3, -0.25) is 0 Å². The van der Waals surface area contributed by atoms with Gasteiger partial charge in [0.2, 0.25) is 0 Å². The SMILES string of the molecule is Cl.Cl.Cl.N[C@H]1C2CCC1[C@@H](c1ccc(Cl)nc1)C2. The van der Waals surface area contributed by atoms with E-state index in [-0.39, 0.29) is 37.2 Å². The number of aromatic nitrogens is 1. The van der Waals surface area contributed by atoms with E-state index in [2.05, 4.69) is 11.1 Å². The van der Waals surface area contributed by atoms with Crippen LogP contribution in [0.2, 0.25) is 5.15 Å². The lowest BCUT2D eigenvalue weighted by Gasteiger charge is -2.21. The molecule has 2 fully saturated rings. The van der Waals surface area contributed by atoms with E-state index in [1.54, 1.807) is 0 Å². The molecule has 4 atom stereocenters. The van der Waals surface area contributed by atoms with Crippen molar-refractivity contribution in [1.82, 2.24) is 4.98 Å². The summed E-state index contributed by atoms with van der Waals surface area (Å²) in [6.07, 6.45) is 5.78. The predicted molar refractivity (Wildman–Crippen MR) is 82.5 cm³/mol. The van der Waals surface area contributed by atoms with Gasteiger partial charge in [0.25, 0.3) is 0 Å². The molecule has 2 bridgehead atoms. The molecule has 104 valence electrons. The number of pyridine rings is 1. The van der Waals surface area contributed by atoms with Gasteiger partial charge in [-0.15, -0.1) is 37.2 Å². The van der Waals surface area contributed by atoms with Crippen molar-refractivity contribution in [1.29, 1.82) is 0 Å². The molecule has 0 spiro atoms. The van der Waals surface area contributed by atoms with Gasteiger partial charge in [-0.05, 0) is 48.6 Å². The second-order valence-corrected chi connectivity index (χ2v) is 5.22. The molecule has 1 aromatic rings. The summed E-state index contributed by atoms with van der Waals surface area (Å²) in [6, 6.07) is 4.41. The molecule has 0 aromatic carbocycles. The minimum Gasteiger partial charge on any atom is -0.327 e. The van der Waals surface area contributed by atoms with Crippen LogP contribution >= 0.6 is 48.8 Å². The Morgan fingerprint density at radius 1 is 1.17 bits per heavy atom. The molecule has 18 heavy (non-hydrogen) atoms. The van der Waals surface area contributed by atoms with E-state index in [1.807, 2.05) is 12.3 Å². The van der Waals surface area contributed by atoms with Crippen LogP contribution in [-0.4, -0.2) is 11.0 Å². The van der Waals surface area contributed by atoms with Crippen LogP contribution in [0.4, 0.5) is 0 Å². The maximum Gasteiger partial charge on any atom is 0.129 e. The minimum absolute atomic E-state index is 0. The van der Waals surface area contributed by atoms with Gasteiger partial charge in [-0.1, -0.05) is 17.7 Å². The minimum atomic E-state index is 0. The molecule has 0 amide bonds. The van der Waals surface area contributed by atoms with E-state index in [0.717, 1.165) is 5.92 Å². The highest BCUT2D eigenvalue weighted by molar-refractivity contribution is 6.29. The molecule has 2 unspecified atom stereocenters. The number of hydrogen-bond donors (Lipinski definition) is 1. The second kappa shape index (κ2) is 7.16. The van der Waals surface area contributed by atoms with Crippen LogP contribution in [0.25, 0.3) is 0 Å². The van der Waals surface area contributed by atoms with Gasteiger partial charge in [0.1, 0.15) is 5.15 Å². The van der Waals surface area contributed by atoms with Gasteiger partial charge >= 0.3 is 0 Å². The summed E-state index contributed by atoms with van der Waals surface area (Å²) in [7, 11) is 0. The Kier molecular flexibility index (Phi) is 7.27. The molecule has 1 aromatic heterocycles. The van der Waals surface area contributed by atoms with Crippen LogP contribution in [0.1, 0.15) is 30.7 Å². The summed E-state index contributed by atoms with van der Waals surface area (Å²) >= 11 is 5.79. The fourth-order valence-electron chi connectivity index (χ4n) is 3.38. The fourth-order valence-corrected chi connectivity index (χ4v) is 3.49. The summed E-state index contributed by atoms with van der Waals surface area (Å²) in [4.78, 5) is 4.16. The van der Waals surface area contributed by atoms with E-state index < -0.39 is 0 Å². The number of halogens is 4. The number of nitrogens with zero attached hydrogens (tertiary/aromatic N) is 1. The first-order valence-electron chi connectivity index (χ1n) is 5.63. The molecule has 2 saturated carbocycles. The summed E-state index contributed by atoms with van der Waals surface area (Å²) in [5.74, 6) is 2.05. The van der Waals surface area contributed by atoms with Crippen LogP contribution in [0.15, 0.2) is 18.3 Å². The molecule has 1 heterocycles. The first-order valence-corrected chi connectivity index (χ1v) is 6.00. The van der Waals surface area contributed by atoms with Crippen molar-refractivity contribution in [2.75, 3.05) is 0 Å². The van der Waals surface area contributed by atoms with Gasteiger partial charge in [0.15, 0.2) is 0 Å². The molecule has 2 nitrogen and oxygen atoms in total.